The number of aryl methyl sites for hydroxylation is 2. The summed E-state index contributed by atoms with van der Waals surface area (Å²) >= 11 is 0. The highest BCUT2D eigenvalue weighted by Crippen LogP contribution is 2.27. The first-order valence-corrected chi connectivity index (χ1v) is 11.8. The van der Waals surface area contributed by atoms with E-state index in [-0.39, 0.29) is 12.4 Å². The van der Waals surface area contributed by atoms with E-state index >= 15 is 0 Å². The Labute approximate surface area is 210 Å². The van der Waals surface area contributed by atoms with E-state index in [0.29, 0.717) is 17.7 Å². The van der Waals surface area contributed by atoms with Crippen molar-refractivity contribution >= 4 is 17.0 Å². The predicted molar refractivity (Wildman–Crippen MR) is 138 cm³/mol. The van der Waals surface area contributed by atoms with Gasteiger partial charge >= 0.3 is 6.09 Å². The van der Waals surface area contributed by atoms with Crippen LogP contribution in [0.2, 0.25) is 0 Å². The Balaban J connectivity index is 1.50. The number of halogens is 1. The molecule has 7 nitrogen and oxygen atoms in total. The van der Waals surface area contributed by atoms with Crippen molar-refractivity contribution in [3.8, 4) is 16.9 Å². The summed E-state index contributed by atoms with van der Waals surface area (Å²) in [5.41, 5.74) is 4.61. The minimum atomic E-state index is -0.630. The molecule has 0 radical (unpaired) electrons. The number of pyridine rings is 1. The Morgan fingerprint density at radius 3 is 2.64 bits per heavy atom. The van der Waals surface area contributed by atoms with Crippen molar-refractivity contribution in [2.75, 3.05) is 6.61 Å². The van der Waals surface area contributed by atoms with Crippen molar-refractivity contribution in [2.45, 2.75) is 52.7 Å². The van der Waals surface area contributed by atoms with Crippen LogP contribution in [-0.4, -0.2) is 39.5 Å². The molecule has 2 aromatic heterocycles. The Kier molecular flexibility index (Phi) is 7.24. The van der Waals surface area contributed by atoms with Crippen molar-refractivity contribution in [1.29, 1.82) is 0 Å². The molecule has 1 atom stereocenters. The Morgan fingerprint density at radius 2 is 1.89 bits per heavy atom. The monoisotopic (exact) mass is 490 g/mol. The summed E-state index contributed by atoms with van der Waals surface area (Å²) in [7, 11) is 0. The number of alkyl carbamates (subject to hydrolysis) is 1. The van der Waals surface area contributed by atoms with Crippen LogP contribution in [0.1, 0.15) is 37.6 Å². The number of hydrogen-bond acceptors (Lipinski definition) is 5. The molecule has 0 bridgehead atoms. The Bertz CT molecular complexity index is 1380. The van der Waals surface area contributed by atoms with Gasteiger partial charge in [0.05, 0.1) is 17.8 Å². The van der Waals surface area contributed by atoms with E-state index in [1.807, 2.05) is 25.1 Å². The van der Waals surface area contributed by atoms with Crippen LogP contribution in [0.15, 0.2) is 54.9 Å². The third-order valence-electron chi connectivity index (χ3n) is 5.67. The predicted octanol–water partition coefficient (Wildman–Crippen LogP) is 5.90. The standard InChI is InChI=1S/C28H31FN4O3/c1-17-10-19(6-8-25(17)29)11-22(31-27(34)36-28(3,4)5)16-35-23-12-21(14-30-15-23)20-7-9-26-24(13-20)18(2)32-33-26/h6-10,12-15,22H,11,16H2,1-5H3,(H,31,34)(H,32,33)/t22-/m0/s1. The van der Waals surface area contributed by atoms with Gasteiger partial charge in [-0.25, -0.2) is 9.18 Å². The second kappa shape index (κ2) is 10.4. The zero-order valence-corrected chi connectivity index (χ0v) is 21.2. The third kappa shape index (κ3) is 6.38. The van der Waals surface area contributed by atoms with Gasteiger partial charge in [-0.15, -0.1) is 0 Å². The van der Waals surface area contributed by atoms with Crippen LogP contribution < -0.4 is 10.1 Å². The van der Waals surface area contributed by atoms with Gasteiger partial charge in [-0.3, -0.25) is 10.1 Å². The number of carbonyl (C=O) groups excluding carboxylic acids is 1. The van der Waals surface area contributed by atoms with Gasteiger partial charge < -0.3 is 14.8 Å². The summed E-state index contributed by atoms with van der Waals surface area (Å²) in [4.78, 5) is 16.8. The number of carbonyl (C=O) groups is 1. The number of aromatic nitrogens is 3. The lowest BCUT2D eigenvalue weighted by atomic mass is 10.0. The first-order chi connectivity index (χ1) is 17.1. The van der Waals surface area contributed by atoms with Crippen LogP contribution in [0.3, 0.4) is 0 Å². The first-order valence-electron chi connectivity index (χ1n) is 11.8. The smallest absolute Gasteiger partial charge is 0.408 e. The average molecular weight is 491 g/mol. The lowest BCUT2D eigenvalue weighted by molar-refractivity contribution is 0.0487. The summed E-state index contributed by atoms with van der Waals surface area (Å²) in [6.45, 7) is 9.30. The lowest BCUT2D eigenvalue weighted by Gasteiger charge is -2.24. The molecule has 188 valence electrons. The highest BCUT2D eigenvalue weighted by Gasteiger charge is 2.21. The molecule has 4 aromatic rings. The number of nitrogens with one attached hydrogen (secondary N) is 2. The Morgan fingerprint density at radius 1 is 1.08 bits per heavy atom. The number of hydrogen-bond donors (Lipinski definition) is 2. The summed E-state index contributed by atoms with van der Waals surface area (Å²) in [6, 6.07) is 12.5. The van der Waals surface area contributed by atoms with Gasteiger partial charge in [-0.1, -0.05) is 18.2 Å². The van der Waals surface area contributed by atoms with Gasteiger partial charge in [0, 0.05) is 22.8 Å². The van der Waals surface area contributed by atoms with E-state index in [0.717, 1.165) is 33.3 Å². The molecule has 4 rings (SSSR count). The van der Waals surface area contributed by atoms with Gasteiger partial charge in [-0.05, 0) is 82.0 Å². The fourth-order valence-electron chi connectivity index (χ4n) is 3.91. The van der Waals surface area contributed by atoms with Crippen LogP contribution >= 0.6 is 0 Å². The molecule has 1 amide bonds. The van der Waals surface area contributed by atoms with E-state index < -0.39 is 17.7 Å². The number of fused-ring (bicyclic) bond motifs is 1. The maximum Gasteiger partial charge on any atom is 0.408 e. The summed E-state index contributed by atoms with van der Waals surface area (Å²) in [5.74, 6) is 0.307. The molecule has 0 aliphatic rings. The number of nitrogens with zero attached hydrogens (tertiary/aromatic N) is 2. The van der Waals surface area contributed by atoms with Gasteiger partial charge in [0.2, 0.25) is 0 Å². The van der Waals surface area contributed by atoms with E-state index in [4.69, 9.17) is 9.47 Å². The molecule has 2 heterocycles. The number of amides is 1. The topological polar surface area (TPSA) is 89.1 Å². The van der Waals surface area contributed by atoms with Gasteiger partial charge in [0.25, 0.3) is 0 Å². The zero-order valence-electron chi connectivity index (χ0n) is 21.2. The molecule has 0 spiro atoms. The fraction of sp³-hybridized carbons (Fsp3) is 0.321. The molecule has 0 fully saturated rings. The summed E-state index contributed by atoms with van der Waals surface area (Å²) < 4.78 is 25.2. The Hall–Kier alpha value is -3.94. The maximum atomic E-state index is 13.7. The second-order valence-electron chi connectivity index (χ2n) is 9.93. The van der Waals surface area contributed by atoms with Crippen molar-refractivity contribution in [2.24, 2.45) is 0 Å². The van der Waals surface area contributed by atoms with Crippen LogP contribution in [0.5, 0.6) is 5.75 Å². The first kappa shape index (κ1) is 25.2. The van der Waals surface area contributed by atoms with Crippen molar-refractivity contribution in [3.05, 3.63) is 77.5 Å². The molecule has 0 aliphatic heterocycles. The number of ether oxygens (including phenoxy) is 2. The summed E-state index contributed by atoms with van der Waals surface area (Å²) in [5, 5.41) is 11.2. The molecule has 0 unspecified atom stereocenters. The van der Waals surface area contributed by atoms with Crippen LogP contribution in [0.4, 0.5) is 9.18 Å². The van der Waals surface area contributed by atoms with E-state index in [2.05, 4.69) is 26.6 Å². The van der Waals surface area contributed by atoms with Crippen molar-refractivity contribution in [1.82, 2.24) is 20.5 Å². The second-order valence-corrected chi connectivity index (χ2v) is 9.93. The number of rotatable bonds is 7. The largest absolute Gasteiger partial charge is 0.490 e. The highest BCUT2D eigenvalue weighted by atomic mass is 19.1. The van der Waals surface area contributed by atoms with E-state index in [1.54, 1.807) is 52.2 Å². The summed E-state index contributed by atoms with van der Waals surface area (Å²) in [6.07, 6.45) is 3.33. The SMILES string of the molecule is Cc1cc(C[C@@H](COc2cncc(-c3ccc4n[nH]c(C)c4c3)c2)NC(=O)OC(C)(C)C)ccc1F. The molecule has 0 aliphatic carbocycles. The van der Waals surface area contributed by atoms with Gasteiger partial charge in [0.1, 0.15) is 23.8 Å². The van der Waals surface area contributed by atoms with E-state index in [1.165, 1.54) is 6.07 Å². The van der Waals surface area contributed by atoms with Gasteiger partial charge in [0.15, 0.2) is 0 Å². The molecule has 2 N–H and O–H groups in total. The number of aromatic amines is 1. The third-order valence-corrected chi connectivity index (χ3v) is 5.67. The highest BCUT2D eigenvalue weighted by molar-refractivity contribution is 5.86. The molecular formula is C28H31FN4O3. The van der Waals surface area contributed by atoms with Crippen LogP contribution in [0.25, 0.3) is 22.0 Å². The van der Waals surface area contributed by atoms with Crippen molar-refractivity contribution < 1.29 is 18.7 Å². The molecular weight excluding hydrogens is 459 g/mol. The van der Waals surface area contributed by atoms with Crippen LogP contribution in [0, 0.1) is 19.7 Å². The van der Waals surface area contributed by atoms with Crippen molar-refractivity contribution in [3.63, 3.8) is 0 Å². The quantitative estimate of drug-likeness (QED) is 0.337. The molecule has 36 heavy (non-hydrogen) atoms. The molecule has 0 saturated heterocycles. The maximum absolute atomic E-state index is 13.7. The fourth-order valence-corrected chi connectivity index (χ4v) is 3.91. The lowest BCUT2D eigenvalue weighted by Crippen LogP contribution is -2.43. The molecule has 8 heteroatoms. The van der Waals surface area contributed by atoms with Crippen LogP contribution in [-0.2, 0) is 11.2 Å². The normalized spacial score (nSPS) is 12.4. The van der Waals surface area contributed by atoms with Gasteiger partial charge in [-0.2, -0.15) is 5.10 Å². The zero-order chi connectivity index (χ0) is 25.9. The molecule has 2 aromatic carbocycles. The number of benzene rings is 2. The number of H-pyrrole nitrogens is 1. The minimum Gasteiger partial charge on any atom is -0.490 e. The van der Waals surface area contributed by atoms with E-state index in [9.17, 15) is 9.18 Å². The minimum absolute atomic E-state index is 0.181. The molecule has 0 saturated carbocycles. The average Bonchev–Trinajstić information content (AvgIpc) is 3.19.